The van der Waals surface area contributed by atoms with Crippen molar-refractivity contribution in [2.24, 2.45) is 0 Å². The highest BCUT2D eigenvalue weighted by atomic mass is 35.5. The number of aromatic amines is 1. The molecule has 0 saturated carbocycles. The average Bonchev–Trinajstić information content (AvgIpc) is 2.65. The smallest absolute Gasteiger partial charge is 0.209 e. The topological polar surface area (TPSA) is 71.5 Å². The first-order valence-corrected chi connectivity index (χ1v) is 8.20. The molecule has 0 radical (unpaired) electrons. The third-order valence-electron chi connectivity index (χ3n) is 3.93. The summed E-state index contributed by atoms with van der Waals surface area (Å²) in [6.07, 6.45) is 1.50. The number of hydrogen-bond acceptors (Lipinski definition) is 4. The maximum atomic E-state index is 14.7. The van der Waals surface area contributed by atoms with Gasteiger partial charge in [0.15, 0.2) is 22.1 Å². The maximum Gasteiger partial charge on any atom is 0.209 e. The number of aryl methyl sites for hydroxylation is 1. The van der Waals surface area contributed by atoms with Crippen LogP contribution in [0.1, 0.15) is 5.69 Å². The molecule has 1 aromatic carbocycles. The lowest BCUT2D eigenvalue weighted by Gasteiger charge is -2.12. The van der Waals surface area contributed by atoms with Crippen molar-refractivity contribution in [2.75, 3.05) is 0 Å². The van der Waals surface area contributed by atoms with Crippen molar-refractivity contribution in [1.82, 2.24) is 19.9 Å². The summed E-state index contributed by atoms with van der Waals surface area (Å²) in [4.78, 5) is 28.0. The van der Waals surface area contributed by atoms with Crippen LogP contribution in [-0.2, 0) is 0 Å². The molecule has 128 valence electrons. The van der Waals surface area contributed by atoms with Gasteiger partial charge in [0.05, 0.1) is 5.69 Å². The van der Waals surface area contributed by atoms with Gasteiger partial charge in [-0.2, -0.15) is 0 Å². The quantitative estimate of drug-likeness (QED) is 0.541. The van der Waals surface area contributed by atoms with Crippen LogP contribution in [-0.4, -0.2) is 19.9 Å². The Bertz CT molecular complexity index is 1190. The van der Waals surface area contributed by atoms with Crippen LogP contribution in [0.5, 0.6) is 0 Å². The Kier molecular flexibility index (Phi) is 3.97. The number of aromatic nitrogens is 4. The molecule has 7 heteroatoms. The summed E-state index contributed by atoms with van der Waals surface area (Å²) < 4.78 is 14.7. The van der Waals surface area contributed by atoms with Crippen LogP contribution in [0.3, 0.4) is 0 Å². The highest BCUT2D eigenvalue weighted by molar-refractivity contribution is 6.29. The van der Waals surface area contributed by atoms with Crippen molar-refractivity contribution >= 4 is 22.8 Å². The van der Waals surface area contributed by atoms with Gasteiger partial charge in [-0.05, 0) is 13.0 Å². The Hall–Kier alpha value is -3.12. The van der Waals surface area contributed by atoms with Crippen molar-refractivity contribution < 1.29 is 4.39 Å². The van der Waals surface area contributed by atoms with E-state index < -0.39 is 5.82 Å². The summed E-state index contributed by atoms with van der Waals surface area (Å²) in [6.45, 7) is 1.71. The van der Waals surface area contributed by atoms with E-state index in [0.717, 1.165) is 5.56 Å². The molecule has 0 spiro atoms. The van der Waals surface area contributed by atoms with Crippen molar-refractivity contribution in [3.05, 3.63) is 75.5 Å². The van der Waals surface area contributed by atoms with E-state index in [4.69, 9.17) is 11.6 Å². The second-order valence-electron chi connectivity index (χ2n) is 5.74. The second-order valence-corrected chi connectivity index (χ2v) is 6.10. The van der Waals surface area contributed by atoms with E-state index in [1.165, 1.54) is 12.3 Å². The van der Waals surface area contributed by atoms with Gasteiger partial charge in [0.2, 0.25) is 5.43 Å². The standard InChI is InChI=1S/C19H12ClFN4O/c1-10-9-12(14(21)18(20)23-10)16-15(11-5-3-2-4-6-11)25-19-17(24-16)13(26)7-8-22-19/h2-9H,1H3,(H,22,25,26). The molecule has 0 fully saturated rings. The molecule has 1 N–H and O–H groups in total. The number of fused-ring (bicyclic) bond motifs is 1. The molecule has 0 aliphatic rings. The van der Waals surface area contributed by atoms with E-state index in [-0.39, 0.29) is 27.4 Å². The number of hydrogen-bond donors (Lipinski definition) is 1. The molecule has 0 aliphatic carbocycles. The normalized spacial score (nSPS) is 11.0. The Morgan fingerprint density at radius 1 is 1.04 bits per heavy atom. The van der Waals surface area contributed by atoms with Crippen molar-refractivity contribution in [3.8, 4) is 22.5 Å². The zero-order chi connectivity index (χ0) is 18.3. The molecule has 0 atom stereocenters. The molecule has 0 bridgehead atoms. The fourth-order valence-corrected chi connectivity index (χ4v) is 3.00. The minimum absolute atomic E-state index is 0.132. The van der Waals surface area contributed by atoms with E-state index in [1.807, 2.05) is 30.3 Å². The SMILES string of the molecule is Cc1cc(-c2nc3c(=O)cc[nH]c3nc2-c2ccccc2)c(F)c(Cl)n1. The van der Waals surface area contributed by atoms with Gasteiger partial charge < -0.3 is 4.98 Å². The Balaban J connectivity index is 2.13. The van der Waals surface area contributed by atoms with Gasteiger partial charge in [0, 0.05) is 29.1 Å². The van der Waals surface area contributed by atoms with E-state index in [1.54, 1.807) is 13.0 Å². The number of halogens is 2. The summed E-state index contributed by atoms with van der Waals surface area (Å²) in [6, 6.07) is 12.1. The minimum atomic E-state index is -0.699. The molecule has 4 aromatic rings. The first-order chi connectivity index (χ1) is 12.5. The number of rotatable bonds is 2. The lowest BCUT2D eigenvalue weighted by molar-refractivity contribution is 0.624. The predicted molar refractivity (Wildman–Crippen MR) is 98.5 cm³/mol. The van der Waals surface area contributed by atoms with Crippen molar-refractivity contribution in [1.29, 1.82) is 0 Å². The van der Waals surface area contributed by atoms with E-state index in [0.29, 0.717) is 17.0 Å². The Morgan fingerprint density at radius 3 is 2.58 bits per heavy atom. The summed E-state index contributed by atoms with van der Waals surface area (Å²) in [5, 5.41) is -0.247. The molecule has 0 aliphatic heterocycles. The molecule has 26 heavy (non-hydrogen) atoms. The third kappa shape index (κ3) is 2.74. The van der Waals surface area contributed by atoms with Crippen molar-refractivity contribution in [3.63, 3.8) is 0 Å². The monoisotopic (exact) mass is 366 g/mol. The summed E-state index contributed by atoms with van der Waals surface area (Å²) in [5.74, 6) is -0.699. The van der Waals surface area contributed by atoms with Crippen LogP contribution in [0.15, 0.2) is 53.5 Å². The number of pyridine rings is 2. The first-order valence-electron chi connectivity index (χ1n) is 7.82. The maximum absolute atomic E-state index is 14.7. The van der Waals surface area contributed by atoms with Crippen LogP contribution in [0.25, 0.3) is 33.7 Å². The van der Waals surface area contributed by atoms with Gasteiger partial charge in [0.25, 0.3) is 0 Å². The van der Waals surface area contributed by atoms with Crippen LogP contribution in [0, 0.1) is 12.7 Å². The molecule has 0 unspecified atom stereocenters. The van der Waals surface area contributed by atoms with Gasteiger partial charge in [-0.25, -0.2) is 19.3 Å². The van der Waals surface area contributed by atoms with E-state index in [2.05, 4.69) is 19.9 Å². The first kappa shape index (κ1) is 16.4. The summed E-state index contributed by atoms with van der Waals surface area (Å²) in [7, 11) is 0. The number of nitrogens with zero attached hydrogens (tertiary/aromatic N) is 3. The molecule has 5 nitrogen and oxygen atoms in total. The summed E-state index contributed by atoms with van der Waals surface area (Å²) in [5.41, 5.74) is 2.28. The van der Waals surface area contributed by atoms with Crippen molar-refractivity contribution in [2.45, 2.75) is 6.92 Å². The predicted octanol–water partition coefficient (Wildman–Crippen LogP) is 4.15. The minimum Gasteiger partial charge on any atom is -0.345 e. The van der Waals surface area contributed by atoms with Gasteiger partial charge in [0.1, 0.15) is 5.69 Å². The largest absolute Gasteiger partial charge is 0.345 e. The van der Waals surface area contributed by atoms with Gasteiger partial charge in [-0.15, -0.1) is 0 Å². The zero-order valence-electron chi connectivity index (χ0n) is 13.6. The lowest BCUT2D eigenvalue weighted by atomic mass is 10.0. The molecule has 0 amide bonds. The highest BCUT2D eigenvalue weighted by Gasteiger charge is 2.20. The average molecular weight is 367 g/mol. The molecular formula is C19H12ClFN4O. The zero-order valence-corrected chi connectivity index (χ0v) is 14.4. The highest BCUT2D eigenvalue weighted by Crippen LogP contribution is 2.33. The van der Waals surface area contributed by atoms with Gasteiger partial charge in [-0.1, -0.05) is 41.9 Å². The molecule has 3 aromatic heterocycles. The second kappa shape index (κ2) is 6.31. The van der Waals surface area contributed by atoms with Crippen LogP contribution in [0.2, 0.25) is 5.15 Å². The molecule has 4 rings (SSSR count). The van der Waals surface area contributed by atoms with E-state index >= 15 is 0 Å². The third-order valence-corrected chi connectivity index (χ3v) is 4.18. The summed E-state index contributed by atoms with van der Waals surface area (Å²) >= 11 is 5.91. The van der Waals surface area contributed by atoms with Crippen LogP contribution >= 0.6 is 11.6 Å². The Labute approximate surface area is 152 Å². The lowest BCUT2D eigenvalue weighted by Crippen LogP contribution is -2.07. The number of benzene rings is 1. The number of nitrogens with one attached hydrogen (secondary N) is 1. The van der Waals surface area contributed by atoms with Gasteiger partial charge >= 0.3 is 0 Å². The van der Waals surface area contributed by atoms with Crippen LogP contribution < -0.4 is 5.43 Å². The fourth-order valence-electron chi connectivity index (χ4n) is 2.76. The van der Waals surface area contributed by atoms with Crippen LogP contribution in [0.4, 0.5) is 4.39 Å². The molecule has 3 heterocycles. The van der Waals surface area contributed by atoms with E-state index in [9.17, 15) is 9.18 Å². The fraction of sp³-hybridized carbons (Fsp3) is 0.0526. The Morgan fingerprint density at radius 2 is 1.81 bits per heavy atom. The van der Waals surface area contributed by atoms with Gasteiger partial charge in [-0.3, -0.25) is 4.79 Å². The molecule has 0 saturated heterocycles. The number of H-pyrrole nitrogens is 1. The molecular weight excluding hydrogens is 355 g/mol.